The van der Waals surface area contributed by atoms with Crippen molar-refractivity contribution in [2.24, 2.45) is 0 Å². The van der Waals surface area contributed by atoms with E-state index in [4.69, 9.17) is 5.73 Å². The molecule has 0 spiro atoms. The first-order valence-electron chi connectivity index (χ1n) is 5.62. The molecule has 1 aromatic rings. The van der Waals surface area contributed by atoms with Crippen LogP contribution in [-0.4, -0.2) is 53.1 Å². The summed E-state index contributed by atoms with van der Waals surface area (Å²) in [6.45, 7) is 2.99. The number of nitrogen functional groups attached to an aromatic ring is 1. The maximum absolute atomic E-state index is 11.5. The molecule has 17 heavy (non-hydrogen) atoms. The Hall–Kier alpha value is -2.05. The summed E-state index contributed by atoms with van der Waals surface area (Å²) >= 11 is 0. The summed E-state index contributed by atoms with van der Waals surface area (Å²) in [7, 11) is 0. The molecule has 0 radical (unpaired) electrons. The first kappa shape index (κ1) is 10.1. The Morgan fingerprint density at radius 2 is 2.35 bits per heavy atom. The second-order valence-electron chi connectivity index (χ2n) is 4.25. The van der Waals surface area contributed by atoms with E-state index in [0.29, 0.717) is 6.54 Å². The van der Waals surface area contributed by atoms with Crippen LogP contribution < -0.4 is 16.0 Å². The number of hydrogen-bond donors (Lipinski definition) is 2. The van der Waals surface area contributed by atoms with Crippen LogP contribution in [-0.2, 0) is 0 Å². The average Bonchev–Trinajstić information content (AvgIpc) is 2.71. The van der Waals surface area contributed by atoms with Gasteiger partial charge in [0.15, 0.2) is 0 Å². The van der Waals surface area contributed by atoms with Gasteiger partial charge in [-0.15, -0.1) is 0 Å². The smallest absolute Gasteiger partial charge is 0.317 e. The Bertz CT molecular complexity index is 450. The molecule has 1 aromatic heterocycles. The van der Waals surface area contributed by atoms with Crippen molar-refractivity contribution in [3.05, 3.63) is 12.3 Å². The van der Waals surface area contributed by atoms with Crippen LogP contribution in [0.4, 0.5) is 16.6 Å². The highest BCUT2D eigenvalue weighted by Gasteiger charge is 2.35. The monoisotopic (exact) mass is 234 g/mol. The predicted molar refractivity (Wildman–Crippen MR) is 62.6 cm³/mol. The highest BCUT2D eigenvalue weighted by Crippen LogP contribution is 2.19. The van der Waals surface area contributed by atoms with Gasteiger partial charge in [-0.05, 0) is 6.07 Å². The van der Waals surface area contributed by atoms with Crippen LogP contribution in [0.3, 0.4) is 0 Å². The highest BCUT2D eigenvalue weighted by atomic mass is 16.2. The third-order valence-corrected chi connectivity index (χ3v) is 3.22. The van der Waals surface area contributed by atoms with Gasteiger partial charge in [0.25, 0.3) is 0 Å². The fraction of sp³-hybridized carbons (Fsp3) is 0.500. The molecule has 3 rings (SSSR count). The lowest BCUT2D eigenvalue weighted by atomic mass is 10.2. The molecule has 3 heterocycles. The van der Waals surface area contributed by atoms with Gasteiger partial charge in [0.1, 0.15) is 5.82 Å². The maximum Gasteiger partial charge on any atom is 0.317 e. The van der Waals surface area contributed by atoms with Crippen molar-refractivity contribution in [3.63, 3.8) is 0 Å². The van der Waals surface area contributed by atoms with Crippen LogP contribution in [0, 0.1) is 0 Å². The topological polar surface area (TPSA) is 87.4 Å². The number of nitrogens with two attached hydrogens (primary N) is 1. The minimum atomic E-state index is 0.0388. The number of nitrogens with one attached hydrogen (secondary N) is 1. The second-order valence-corrected chi connectivity index (χ2v) is 4.25. The zero-order valence-corrected chi connectivity index (χ0v) is 9.33. The Morgan fingerprint density at radius 1 is 1.47 bits per heavy atom. The van der Waals surface area contributed by atoms with Gasteiger partial charge in [-0.25, -0.2) is 9.78 Å². The van der Waals surface area contributed by atoms with E-state index in [1.807, 2.05) is 11.0 Å². The minimum Gasteiger partial charge on any atom is -0.368 e. The molecule has 90 valence electrons. The molecule has 2 amide bonds. The number of amides is 2. The van der Waals surface area contributed by atoms with Gasteiger partial charge >= 0.3 is 6.03 Å². The summed E-state index contributed by atoms with van der Waals surface area (Å²) in [5, 5.41) is 2.85. The van der Waals surface area contributed by atoms with E-state index >= 15 is 0 Å². The number of nitrogens with zero attached hydrogens (tertiary/aromatic N) is 4. The van der Waals surface area contributed by atoms with Crippen LogP contribution in [0.2, 0.25) is 0 Å². The van der Waals surface area contributed by atoms with E-state index in [1.54, 1.807) is 6.20 Å². The first-order chi connectivity index (χ1) is 8.24. The molecule has 7 heteroatoms. The van der Waals surface area contributed by atoms with E-state index < -0.39 is 0 Å². The summed E-state index contributed by atoms with van der Waals surface area (Å²) < 4.78 is 0. The van der Waals surface area contributed by atoms with E-state index in [-0.39, 0.29) is 18.0 Å². The quantitative estimate of drug-likeness (QED) is 0.669. The lowest BCUT2D eigenvalue weighted by Gasteiger charge is -2.37. The Labute approximate surface area is 98.6 Å². The normalized spacial score (nSPS) is 23.5. The van der Waals surface area contributed by atoms with E-state index in [1.165, 1.54) is 0 Å². The van der Waals surface area contributed by atoms with Gasteiger partial charge in [0.05, 0.1) is 6.04 Å². The molecule has 0 aliphatic carbocycles. The predicted octanol–water partition coefficient (Wildman–Crippen LogP) is -0.727. The summed E-state index contributed by atoms with van der Waals surface area (Å²) in [6, 6.07) is 2.11. The number of anilines is 2. The molecular weight excluding hydrogens is 220 g/mol. The maximum atomic E-state index is 11.5. The number of aromatic nitrogens is 2. The molecule has 0 saturated carbocycles. The highest BCUT2D eigenvalue weighted by molar-refractivity contribution is 5.77. The third kappa shape index (κ3) is 1.73. The largest absolute Gasteiger partial charge is 0.368 e. The summed E-state index contributed by atoms with van der Waals surface area (Å²) in [4.78, 5) is 23.5. The van der Waals surface area contributed by atoms with Crippen molar-refractivity contribution in [2.45, 2.75) is 6.04 Å². The molecule has 1 unspecified atom stereocenters. The fourth-order valence-electron chi connectivity index (χ4n) is 2.35. The van der Waals surface area contributed by atoms with Crippen LogP contribution >= 0.6 is 0 Å². The van der Waals surface area contributed by atoms with Crippen LogP contribution in [0.25, 0.3) is 0 Å². The van der Waals surface area contributed by atoms with Gasteiger partial charge < -0.3 is 20.9 Å². The van der Waals surface area contributed by atoms with Gasteiger partial charge in [-0.1, -0.05) is 0 Å². The van der Waals surface area contributed by atoms with Crippen LogP contribution in [0.15, 0.2) is 12.3 Å². The van der Waals surface area contributed by atoms with Crippen LogP contribution in [0.1, 0.15) is 0 Å². The number of hydrogen-bond acceptors (Lipinski definition) is 5. The number of piperazine rings is 1. The molecule has 3 N–H and O–H groups in total. The molecule has 1 atom stereocenters. The molecule has 2 fully saturated rings. The van der Waals surface area contributed by atoms with Gasteiger partial charge in [-0.3, -0.25) is 0 Å². The average molecular weight is 234 g/mol. The van der Waals surface area contributed by atoms with E-state index in [2.05, 4.69) is 20.2 Å². The number of carbonyl (C=O) groups excluding carboxylic acids is 1. The van der Waals surface area contributed by atoms with Gasteiger partial charge in [0, 0.05) is 32.4 Å². The zero-order valence-electron chi connectivity index (χ0n) is 9.33. The van der Waals surface area contributed by atoms with Crippen molar-refractivity contribution >= 4 is 17.8 Å². The number of rotatable bonds is 1. The zero-order chi connectivity index (χ0) is 11.8. The Morgan fingerprint density at radius 3 is 3.18 bits per heavy atom. The van der Waals surface area contributed by atoms with Crippen molar-refractivity contribution < 1.29 is 4.79 Å². The molecule has 2 aliphatic rings. The number of fused-ring (bicyclic) bond motifs is 1. The Kier molecular flexibility index (Phi) is 2.24. The van der Waals surface area contributed by atoms with Crippen molar-refractivity contribution in [1.29, 1.82) is 0 Å². The van der Waals surface area contributed by atoms with Crippen molar-refractivity contribution in [1.82, 2.24) is 20.2 Å². The van der Waals surface area contributed by atoms with Gasteiger partial charge in [0.2, 0.25) is 5.95 Å². The third-order valence-electron chi connectivity index (χ3n) is 3.22. The Balaban J connectivity index is 1.77. The SMILES string of the molecule is Nc1nccc(N2CCN3C(=O)NCC3C2)n1. The van der Waals surface area contributed by atoms with Gasteiger partial charge in [-0.2, -0.15) is 4.98 Å². The molecule has 0 bridgehead atoms. The molecule has 2 aliphatic heterocycles. The molecule has 0 aromatic carbocycles. The lowest BCUT2D eigenvalue weighted by Crippen LogP contribution is -2.52. The fourth-order valence-corrected chi connectivity index (χ4v) is 2.35. The molecule has 2 saturated heterocycles. The van der Waals surface area contributed by atoms with Crippen LogP contribution in [0.5, 0.6) is 0 Å². The summed E-state index contributed by atoms with van der Waals surface area (Å²) in [5.74, 6) is 1.11. The first-order valence-corrected chi connectivity index (χ1v) is 5.62. The summed E-state index contributed by atoms with van der Waals surface area (Å²) in [5.41, 5.74) is 5.57. The molecule has 7 nitrogen and oxygen atoms in total. The van der Waals surface area contributed by atoms with Crippen molar-refractivity contribution in [3.8, 4) is 0 Å². The minimum absolute atomic E-state index is 0.0388. The molecular formula is C10H14N6O. The standard InChI is InChI=1S/C10H14N6O/c11-9-12-2-1-8(14-9)15-3-4-16-7(6-15)5-13-10(16)17/h1-2,7H,3-6H2,(H,13,17)(H2,11,12,14). The van der Waals surface area contributed by atoms with Crippen molar-refractivity contribution in [2.75, 3.05) is 36.8 Å². The summed E-state index contributed by atoms with van der Waals surface area (Å²) in [6.07, 6.45) is 1.65. The number of urea groups is 1. The van der Waals surface area contributed by atoms with E-state index in [0.717, 1.165) is 25.5 Å². The van der Waals surface area contributed by atoms with E-state index in [9.17, 15) is 4.79 Å². The second kappa shape index (κ2) is 3.76. The number of carbonyl (C=O) groups is 1. The lowest BCUT2D eigenvalue weighted by molar-refractivity contribution is 0.197.